The second-order valence-corrected chi connectivity index (χ2v) is 7.05. The van der Waals surface area contributed by atoms with Gasteiger partial charge < -0.3 is 15.4 Å². The summed E-state index contributed by atoms with van der Waals surface area (Å²) in [4.78, 5) is 31.2. The number of nitrogens with one attached hydrogen (secondary N) is 3. The summed E-state index contributed by atoms with van der Waals surface area (Å²) in [6.45, 7) is 4.41. The van der Waals surface area contributed by atoms with E-state index in [1.165, 1.54) is 0 Å². The number of nitrogens with zero attached hydrogens (tertiary/aromatic N) is 1. The Morgan fingerprint density at radius 3 is 2.52 bits per heavy atom. The molecular formula is C20H28N4O3. The highest BCUT2D eigenvalue weighted by atomic mass is 16.4. The lowest BCUT2D eigenvalue weighted by Crippen LogP contribution is -2.52. The van der Waals surface area contributed by atoms with Crippen molar-refractivity contribution in [3.05, 3.63) is 54.1 Å². The van der Waals surface area contributed by atoms with Gasteiger partial charge in [0.05, 0.1) is 12.4 Å². The van der Waals surface area contributed by atoms with Gasteiger partial charge in [0.2, 0.25) is 5.91 Å². The number of carboxylic acids is 1. The van der Waals surface area contributed by atoms with E-state index in [-0.39, 0.29) is 11.8 Å². The molecule has 0 fully saturated rings. The van der Waals surface area contributed by atoms with Crippen molar-refractivity contribution in [2.45, 2.75) is 45.2 Å². The predicted octanol–water partition coefficient (Wildman–Crippen LogP) is 1.77. The number of aliphatic carboxylic acids is 1. The zero-order chi connectivity index (χ0) is 19.6. The first-order valence-corrected chi connectivity index (χ1v) is 9.23. The van der Waals surface area contributed by atoms with Crippen LogP contribution in [0.1, 0.15) is 31.5 Å². The third-order valence-electron chi connectivity index (χ3n) is 4.26. The number of rotatable bonds is 11. The van der Waals surface area contributed by atoms with E-state index in [0.717, 1.165) is 17.7 Å². The highest BCUT2D eigenvalue weighted by Gasteiger charge is 2.27. The first-order chi connectivity index (χ1) is 13.0. The van der Waals surface area contributed by atoms with Crippen LogP contribution in [0.25, 0.3) is 0 Å². The van der Waals surface area contributed by atoms with Gasteiger partial charge in [-0.3, -0.25) is 14.9 Å². The number of aromatic nitrogens is 2. The molecule has 1 unspecified atom stereocenters. The number of hydrogen-bond acceptors (Lipinski definition) is 4. The van der Waals surface area contributed by atoms with Crippen molar-refractivity contribution < 1.29 is 14.7 Å². The summed E-state index contributed by atoms with van der Waals surface area (Å²) in [6, 6.07) is 8.46. The maximum Gasteiger partial charge on any atom is 0.320 e. The fraction of sp³-hybridized carbons (Fsp3) is 0.450. The number of carboxylic acid groups (broad SMARTS) is 1. The zero-order valence-electron chi connectivity index (χ0n) is 15.8. The van der Waals surface area contributed by atoms with Crippen molar-refractivity contribution in [1.82, 2.24) is 20.6 Å². The summed E-state index contributed by atoms with van der Waals surface area (Å²) in [5.74, 6) is -0.960. The van der Waals surface area contributed by atoms with Crippen LogP contribution in [-0.4, -0.2) is 45.6 Å². The fourth-order valence-corrected chi connectivity index (χ4v) is 2.90. The van der Waals surface area contributed by atoms with E-state index in [0.29, 0.717) is 19.4 Å². The molecule has 1 aromatic carbocycles. The van der Waals surface area contributed by atoms with Crippen LogP contribution >= 0.6 is 0 Å². The first-order valence-electron chi connectivity index (χ1n) is 9.23. The van der Waals surface area contributed by atoms with Crippen LogP contribution in [0.3, 0.4) is 0 Å². The molecule has 2 aromatic rings. The second-order valence-electron chi connectivity index (χ2n) is 7.05. The molecule has 0 saturated carbocycles. The summed E-state index contributed by atoms with van der Waals surface area (Å²) in [7, 11) is 0. The van der Waals surface area contributed by atoms with Crippen LogP contribution < -0.4 is 10.6 Å². The SMILES string of the molecule is CC(C)CC(N[C@@H](Cc1cnc[nH]1)C(=O)NCCc1ccccc1)C(=O)O. The third kappa shape index (κ3) is 7.22. The molecule has 7 nitrogen and oxygen atoms in total. The van der Waals surface area contributed by atoms with Crippen molar-refractivity contribution in [3.63, 3.8) is 0 Å². The molecule has 1 heterocycles. The smallest absolute Gasteiger partial charge is 0.320 e. The largest absolute Gasteiger partial charge is 0.480 e. The Morgan fingerprint density at radius 1 is 1.19 bits per heavy atom. The molecule has 2 atom stereocenters. The molecular weight excluding hydrogens is 344 g/mol. The first kappa shape index (κ1) is 20.6. The van der Waals surface area contributed by atoms with E-state index in [2.05, 4.69) is 20.6 Å². The Hall–Kier alpha value is -2.67. The Bertz CT molecular complexity index is 701. The summed E-state index contributed by atoms with van der Waals surface area (Å²) in [6.07, 6.45) is 4.70. The Kier molecular flexibility index (Phi) is 8.00. The minimum absolute atomic E-state index is 0.201. The van der Waals surface area contributed by atoms with Gasteiger partial charge in [-0.25, -0.2) is 4.98 Å². The van der Waals surface area contributed by atoms with E-state index in [4.69, 9.17) is 0 Å². The molecule has 0 saturated heterocycles. The standard InChI is InChI=1S/C20H28N4O3/c1-14(2)10-18(20(26)27)24-17(11-16-12-21-13-23-16)19(25)22-9-8-15-6-4-3-5-7-15/h3-7,12-14,17-18,24H,8-11H2,1-2H3,(H,21,23)(H,22,25)(H,26,27)/t17-,18?/m0/s1. The maximum absolute atomic E-state index is 12.7. The lowest BCUT2D eigenvalue weighted by atomic mass is 10.0. The topological polar surface area (TPSA) is 107 Å². The van der Waals surface area contributed by atoms with Gasteiger partial charge in [-0.1, -0.05) is 44.2 Å². The molecule has 4 N–H and O–H groups in total. The van der Waals surface area contributed by atoms with Crippen LogP contribution in [0.2, 0.25) is 0 Å². The van der Waals surface area contributed by atoms with Crippen LogP contribution in [0.4, 0.5) is 0 Å². The Morgan fingerprint density at radius 2 is 1.93 bits per heavy atom. The number of carbonyl (C=O) groups is 2. The highest BCUT2D eigenvalue weighted by Crippen LogP contribution is 2.08. The summed E-state index contributed by atoms with van der Waals surface area (Å²) < 4.78 is 0. The van der Waals surface area contributed by atoms with E-state index in [9.17, 15) is 14.7 Å². The van der Waals surface area contributed by atoms with Crippen LogP contribution in [-0.2, 0) is 22.4 Å². The maximum atomic E-state index is 12.7. The van der Waals surface area contributed by atoms with Crippen molar-refractivity contribution in [3.8, 4) is 0 Å². The van der Waals surface area contributed by atoms with Crippen LogP contribution in [0.5, 0.6) is 0 Å². The lowest BCUT2D eigenvalue weighted by Gasteiger charge is -2.23. The molecule has 7 heteroatoms. The molecule has 1 aromatic heterocycles. The second kappa shape index (κ2) is 10.5. The average molecular weight is 372 g/mol. The molecule has 0 aliphatic heterocycles. The number of carbonyl (C=O) groups excluding carboxylic acids is 1. The van der Waals surface area contributed by atoms with Gasteiger partial charge in [-0.15, -0.1) is 0 Å². The predicted molar refractivity (Wildman–Crippen MR) is 103 cm³/mol. The third-order valence-corrected chi connectivity index (χ3v) is 4.26. The highest BCUT2D eigenvalue weighted by molar-refractivity contribution is 5.83. The van der Waals surface area contributed by atoms with Crippen LogP contribution in [0, 0.1) is 5.92 Å². The fourth-order valence-electron chi connectivity index (χ4n) is 2.90. The van der Waals surface area contributed by atoms with Crippen molar-refractivity contribution in [1.29, 1.82) is 0 Å². The van der Waals surface area contributed by atoms with E-state index in [1.807, 2.05) is 44.2 Å². The van der Waals surface area contributed by atoms with Crippen molar-refractivity contribution >= 4 is 11.9 Å². The van der Waals surface area contributed by atoms with Crippen molar-refractivity contribution in [2.24, 2.45) is 5.92 Å². The van der Waals surface area contributed by atoms with E-state index >= 15 is 0 Å². The van der Waals surface area contributed by atoms with Gasteiger partial charge in [-0.2, -0.15) is 0 Å². The Labute approximate surface area is 159 Å². The molecule has 0 radical (unpaired) electrons. The monoisotopic (exact) mass is 372 g/mol. The zero-order valence-corrected chi connectivity index (χ0v) is 15.8. The van der Waals surface area contributed by atoms with Gasteiger partial charge >= 0.3 is 5.97 Å². The number of H-pyrrole nitrogens is 1. The minimum atomic E-state index is -0.949. The molecule has 27 heavy (non-hydrogen) atoms. The van der Waals surface area contributed by atoms with Gasteiger partial charge in [0.25, 0.3) is 0 Å². The number of amides is 1. The van der Waals surface area contributed by atoms with Gasteiger partial charge in [-0.05, 0) is 24.3 Å². The molecule has 1 amide bonds. The number of aromatic amines is 1. The molecule has 0 aliphatic carbocycles. The summed E-state index contributed by atoms with van der Waals surface area (Å²) in [5.41, 5.74) is 1.92. The van der Waals surface area contributed by atoms with Crippen LogP contribution in [0.15, 0.2) is 42.9 Å². The quantitative estimate of drug-likeness (QED) is 0.481. The molecule has 0 aliphatic rings. The lowest BCUT2D eigenvalue weighted by molar-refractivity contribution is -0.140. The number of hydrogen-bond donors (Lipinski definition) is 4. The van der Waals surface area contributed by atoms with Gasteiger partial charge in [0.1, 0.15) is 6.04 Å². The van der Waals surface area contributed by atoms with Gasteiger partial charge in [0.15, 0.2) is 0 Å². The normalized spacial score (nSPS) is 13.3. The number of benzene rings is 1. The molecule has 0 bridgehead atoms. The number of imidazole rings is 1. The van der Waals surface area contributed by atoms with Gasteiger partial charge in [0, 0.05) is 24.9 Å². The molecule has 2 rings (SSSR count). The van der Waals surface area contributed by atoms with Crippen molar-refractivity contribution in [2.75, 3.05) is 6.54 Å². The minimum Gasteiger partial charge on any atom is -0.480 e. The molecule has 146 valence electrons. The Balaban J connectivity index is 1.99. The van der Waals surface area contributed by atoms with E-state index in [1.54, 1.807) is 12.5 Å². The summed E-state index contributed by atoms with van der Waals surface area (Å²) >= 11 is 0. The average Bonchev–Trinajstić information content (AvgIpc) is 3.14. The molecule has 0 spiro atoms. The summed E-state index contributed by atoms with van der Waals surface area (Å²) in [5, 5.41) is 15.4. The van der Waals surface area contributed by atoms with E-state index < -0.39 is 18.1 Å².